The fourth-order valence-corrected chi connectivity index (χ4v) is 1.02. The van der Waals surface area contributed by atoms with E-state index in [9.17, 15) is 0 Å². The maximum absolute atomic E-state index is 5.53. The zero-order valence-corrected chi connectivity index (χ0v) is 8.49. The molecule has 0 saturated heterocycles. The minimum absolute atomic E-state index is 0.843. The molecule has 1 aliphatic carbocycles. The van der Waals surface area contributed by atoms with E-state index in [0.29, 0.717) is 0 Å². The van der Waals surface area contributed by atoms with Crippen LogP contribution in [0.15, 0.2) is 30.3 Å². The van der Waals surface area contributed by atoms with Gasteiger partial charge >= 0.3 is 0 Å². The summed E-state index contributed by atoms with van der Waals surface area (Å²) in [6.45, 7) is 4.91. The van der Waals surface area contributed by atoms with Gasteiger partial charge in [-0.15, -0.1) is 0 Å². The molecule has 2 rings (SSSR count). The van der Waals surface area contributed by atoms with Crippen LogP contribution in [0.3, 0.4) is 0 Å². The van der Waals surface area contributed by atoms with Crippen LogP contribution in [0.4, 0.5) is 0 Å². The molecule has 1 heteroatoms. The molecule has 1 aromatic carbocycles. The third-order valence-electron chi connectivity index (χ3n) is 1.93. The van der Waals surface area contributed by atoms with E-state index in [1.165, 1.54) is 12.8 Å². The number of hydrogen-bond acceptors (Lipinski definition) is 1. The van der Waals surface area contributed by atoms with Crippen molar-refractivity contribution < 1.29 is 4.74 Å². The largest absolute Gasteiger partial charge is 0.493 e. The molecule has 0 unspecified atom stereocenters. The molecule has 1 aliphatic rings. The molecule has 0 bridgehead atoms. The van der Waals surface area contributed by atoms with Crippen LogP contribution < -0.4 is 4.74 Å². The fourth-order valence-electron chi connectivity index (χ4n) is 1.02. The highest BCUT2D eigenvalue weighted by Gasteiger charge is 2.21. The van der Waals surface area contributed by atoms with E-state index in [0.717, 1.165) is 18.3 Å². The van der Waals surface area contributed by atoms with Crippen LogP contribution in [0.25, 0.3) is 0 Å². The number of benzene rings is 1. The molecule has 13 heavy (non-hydrogen) atoms. The summed E-state index contributed by atoms with van der Waals surface area (Å²) < 4.78 is 5.53. The average molecular weight is 178 g/mol. The molecule has 1 nitrogen and oxygen atoms in total. The van der Waals surface area contributed by atoms with Crippen molar-refractivity contribution in [1.29, 1.82) is 0 Å². The van der Waals surface area contributed by atoms with Crippen molar-refractivity contribution in [2.24, 2.45) is 5.92 Å². The van der Waals surface area contributed by atoms with Gasteiger partial charge in [0, 0.05) is 0 Å². The fraction of sp³-hybridized carbons (Fsp3) is 0.500. The van der Waals surface area contributed by atoms with Crippen molar-refractivity contribution >= 4 is 0 Å². The van der Waals surface area contributed by atoms with Crippen molar-refractivity contribution in [2.75, 3.05) is 6.61 Å². The van der Waals surface area contributed by atoms with E-state index in [4.69, 9.17) is 4.74 Å². The van der Waals surface area contributed by atoms with Gasteiger partial charge in [-0.3, -0.25) is 0 Å². The summed E-state index contributed by atoms with van der Waals surface area (Å²) in [6.07, 6.45) is 2.71. The minimum atomic E-state index is 0.843. The van der Waals surface area contributed by atoms with Crippen LogP contribution in [-0.4, -0.2) is 6.61 Å². The quantitative estimate of drug-likeness (QED) is 0.688. The van der Waals surface area contributed by atoms with E-state index in [2.05, 4.69) is 0 Å². The van der Waals surface area contributed by atoms with Crippen LogP contribution >= 0.6 is 0 Å². The molecule has 1 aromatic rings. The Hall–Kier alpha value is -0.980. The van der Waals surface area contributed by atoms with Gasteiger partial charge < -0.3 is 4.74 Å². The number of ether oxygens (including phenoxy) is 1. The average Bonchev–Trinajstić information content (AvgIpc) is 3.03. The maximum Gasteiger partial charge on any atom is 0.119 e. The van der Waals surface area contributed by atoms with Gasteiger partial charge in [-0.25, -0.2) is 0 Å². The summed E-state index contributed by atoms with van der Waals surface area (Å²) in [5.74, 6) is 1.84. The zero-order valence-electron chi connectivity index (χ0n) is 8.49. The van der Waals surface area contributed by atoms with Crippen LogP contribution in [0.2, 0.25) is 0 Å². The van der Waals surface area contributed by atoms with Gasteiger partial charge in [0.2, 0.25) is 0 Å². The molecular formula is C12H18O. The molecule has 72 valence electrons. The lowest BCUT2D eigenvalue weighted by Crippen LogP contribution is -1.97. The smallest absolute Gasteiger partial charge is 0.119 e. The Kier molecular flexibility index (Phi) is 4.37. The molecule has 0 heterocycles. The van der Waals surface area contributed by atoms with E-state index in [1.54, 1.807) is 0 Å². The number of rotatable bonds is 3. The Labute approximate surface area is 80.7 Å². The molecule has 0 amide bonds. The van der Waals surface area contributed by atoms with Gasteiger partial charge in [-0.2, -0.15) is 0 Å². The van der Waals surface area contributed by atoms with Crippen molar-refractivity contribution in [3.8, 4) is 5.75 Å². The lowest BCUT2D eigenvalue weighted by Gasteiger charge is -2.02. The Bertz CT molecular complexity index is 214. The molecule has 0 spiro atoms. The van der Waals surface area contributed by atoms with Gasteiger partial charge in [0.1, 0.15) is 5.75 Å². The molecule has 0 radical (unpaired) electrons. The monoisotopic (exact) mass is 178 g/mol. The van der Waals surface area contributed by atoms with Crippen LogP contribution in [-0.2, 0) is 0 Å². The maximum atomic E-state index is 5.53. The van der Waals surface area contributed by atoms with E-state index >= 15 is 0 Å². The predicted octanol–water partition coefficient (Wildman–Crippen LogP) is 3.50. The summed E-state index contributed by atoms with van der Waals surface area (Å²) in [5.41, 5.74) is 0. The van der Waals surface area contributed by atoms with Crippen molar-refractivity contribution in [3.63, 3.8) is 0 Å². The Morgan fingerprint density at radius 2 is 1.77 bits per heavy atom. The Morgan fingerprint density at radius 1 is 1.15 bits per heavy atom. The summed E-state index contributed by atoms with van der Waals surface area (Å²) in [5, 5.41) is 0. The highest BCUT2D eigenvalue weighted by atomic mass is 16.5. The highest BCUT2D eigenvalue weighted by Crippen LogP contribution is 2.29. The van der Waals surface area contributed by atoms with Gasteiger partial charge in [-0.05, 0) is 30.9 Å². The van der Waals surface area contributed by atoms with Crippen molar-refractivity contribution in [3.05, 3.63) is 30.3 Å². The molecule has 1 fully saturated rings. The van der Waals surface area contributed by atoms with Gasteiger partial charge in [0.05, 0.1) is 6.61 Å². The summed E-state index contributed by atoms with van der Waals surface area (Å²) in [4.78, 5) is 0. The number of para-hydroxylation sites is 1. The van der Waals surface area contributed by atoms with E-state index in [-0.39, 0.29) is 0 Å². The number of hydrogen-bond donors (Lipinski definition) is 0. The predicted molar refractivity (Wildman–Crippen MR) is 56.0 cm³/mol. The van der Waals surface area contributed by atoms with Crippen LogP contribution in [0.5, 0.6) is 5.75 Å². The van der Waals surface area contributed by atoms with E-state index < -0.39 is 0 Å². The standard InChI is InChI=1S/C10H12O.C2H6/c1-2-4-10(5-3-1)11-8-9-6-7-9;1-2/h1-5,9H,6-8H2;1-2H3. The van der Waals surface area contributed by atoms with Gasteiger partial charge in [0.25, 0.3) is 0 Å². The lowest BCUT2D eigenvalue weighted by atomic mass is 10.3. The van der Waals surface area contributed by atoms with Crippen LogP contribution in [0, 0.1) is 5.92 Å². The molecule has 0 atom stereocenters. The SMILES string of the molecule is CC.c1ccc(OCC2CC2)cc1. The molecule has 0 N–H and O–H groups in total. The van der Waals surface area contributed by atoms with Crippen LogP contribution in [0.1, 0.15) is 26.7 Å². The van der Waals surface area contributed by atoms with Crippen molar-refractivity contribution in [1.82, 2.24) is 0 Å². The van der Waals surface area contributed by atoms with E-state index in [1.807, 2.05) is 44.2 Å². The Balaban J connectivity index is 0.000000396. The topological polar surface area (TPSA) is 9.23 Å². The minimum Gasteiger partial charge on any atom is -0.493 e. The van der Waals surface area contributed by atoms with Gasteiger partial charge in [0.15, 0.2) is 0 Å². The summed E-state index contributed by atoms with van der Waals surface area (Å²) in [7, 11) is 0. The van der Waals surface area contributed by atoms with Gasteiger partial charge in [-0.1, -0.05) is 32.0 Å². The zero-order chi connectivity index (χ0) is 9.52. The molecule has 1 saturated carbocycles. The first-order chi connectivity index (χ1) is 6.45. The second-order valence-corrected chi connectivity index (χ2v) is 3.07. The third-order valence-corrected chi connectivity index (χ3v) is 1.93. The molecular weight excluding hydrogens is 160 g/mol. The summed E-state index contributed by atoms with van der Waals surface area (Å²) in [6, 6.07) is 10.0. The summed E-state index contributed by atoms with van der Waals surface area (Å²) >= 11 is 0. The highest BCUT2D eigenvalue weighted by molar-refractivity contribution is 5.20. The lowest BCUT2D eigenvalue weighted by molar-refractivity contribution is 0.300. The first kappa shape index (κ1) is 10.1. The molecule has 0 aromatic heterocycles. The first-order valence-corrected chi connectivity index (χ1v) is 5.13. The van der Waals surface area contributed by atoms with Crippen molar-refractivity contribution in [2.45, 2.75) is 26.7 Å². The third kappa shape index (κ3) is 3.97. The first-order valence-electron chi connectivity index (χ1n) is 5.13. The molecule has 0 aliphatic heterocycles. The second-order valence-electron chi connectivity index (χ2n) is 3.07. The normalized spacial score (nSPS) is 14.3. The second kappa shape index (κ2) is 5.63. The Morgan fingerprint density at radius 3 is 2.31 bits per heavy atom.